The minimum absolute atomic E-state index is 0.318. The Labute approximate surface area is 107 Å². The van der Waals surface area contributed by atoms with Gasteiger partial charge in [-0.25, -0.2) is 8.42 Å². The summed E-state index contributed by atoms with van der Waals surface area (Å²) >= 11 is 0. The summed E-state index contributed by atoms with van der Waals surface area (Å²) in [6, 6.07) is 0. The normalized spacial score (nSPS) is 21.5. The van der Waals surface area contributed by atoms with Crippen LogP contribution in [0.15, 0.2) is 0 Å². The molecule has 1 rings (SSSR count). The molecule has 0 heterocycles. The van der Waals surface area contributed by atoms with Gasteiger partial charge in [0.2, 0.25) is 0 Å². The molecule has 9 heteroatoms. The number of alkyl halides is 3. The standard InChI is InChI=1S/C8H15OS.CHF3O3S/c1-10(2)8-6-4-3-5-7(8)9;2-1(3,4)8(5,6)7/h8H,3-6H2,1-2H3;(H,5,6,7)/q+1;/p-1. The first kappa shape index (κ1) is 17.7. The lowest BCUT2D eigenvalue weighted by molar-refractivity contribution is -0.119. The van der Waals surface area contributed by atoms with E-state index < -0.39 is 15.6 Å². The predicted octanol–water partition coefficient (Wildman–Crippen LogP) is 1.43. The molecule has 1 unspecified atom stereocenters. The zero-order chi connectivity index (χ0) is 14.6. The summed E-state index contributed by atoms with van der Waals surface area (Å²) in [5.74, 6) is 0.514. The quantitative estimate of drug-likeness (QED) is 0.417. The molecule has 0 bridgehead atoms. The van der Waals surface area contributed by atoms with Crippen LogP contribution in [0, 0.1) is 0 Å². The molecule has 1 aliphatic carbocycles. The molecule has 0 aliphatic heterocycles. The smallest absolute Gasteiger partial charge is 0.485 e. The van der Waals surface area contributed by atoms with E-state index >= 15 is 0 Å². The summed E-state index contributed by atoms with van der Waals surface area (Å²) < 4.78 is 58.9. The first-order valence-electron chi connectivity index (χ1n) is 5.08. The van der Waals surface area contributed by atoms with Crippen LogP contribution in [0.5, 0.6) is 0 Å². The molecule has 4 nitrogen and oxygen atoms in total. The fraction of sp³-hybridized carbons (Fsp3) is 0.889. The predicted molar refractivity (Wildman–Crippen MR) is 62.2 cm³/mol. The highest BCUT2D eigenvalue weighted by Gasteiger charge is 2.37. The maximum absolute atomic E-state index is 11.2. The van der Waals surface area contributed by atoms with Gasteiger partial charge >= 0.3 is 5.51 Å². The molecule has 0 radical (unpaired) electrons. The minimum atomic E-state index is -6.09. The second kappa shape index (κ2) is 6.76. The molecule has 1 fully saturated rings. The fourth-order valence-corrected chi connectivity index (χ4v) is 2.73. The summed E-state index contributed by atoms with van der Waals surface area (Å²) in [4.78, 5) is 11.2. The molecular formula is C9H15F3O4S2. The van der Waals surface area contributed by atoms with Gasteiger partial charge in [-0.3, -0.25) is 4.79 Å². The summed E-state index contributed by atoms with van der Waals surface area (Å²) in [5, 5.41) is 0.411. The van der Waals surface area contributed by atoms with Gasteiger partial charge < -0.3 is 4.55 Å². The van der Waals surface area contributed by atoms with Gasteiger partial charge in [0.15, 0.2) is 21.2 Å². The highest BCUT2D eigenvalue weighted by molar-refractivity contribution is 7.96. The number of carbonyl (C=O) groups excluding carboxylic acids is 1. The van der Waals surface area contributed by atoms with Crippen LogP contribution in [0.2, 0.25) is 0 Å². The zero-order valence-corrected chi connectivity index (χ0v) is 11.6. The van der Waals surface area contributed by atoms with Gasteiger partial charge in [0.05, 0.1) is 12.5 Å². The van der Waals surface area contributed by atoms with Crippen molar-refractivity contribution < 1.29 is 30.9 Å². The molecule has 0 saturated heterocycles. The Hall–Kier alpha value is -0.280. The van der Waals surface area contributed by atoms with E-state index in [-0.39, 0.29) is 0 Å². The van der Waals surface area contributed by atoms with Crippen molar-refractivity contribution in [3.63, 3.8) is 0 Å². The number of hydrogen-bond donors (Lipinski definition) is 0. The molecule has 0 amide bonds. The number of hydrogen-bond acceptors (Lipinski definition) is 4. The Morgan fingerprint density at radius 2 is 1.72 bits per heavy atom. The first-order chi connectivity index (χ1) is 7.97. The Morgan fingerprint density at radius 1 is 1.28 bits per heavy atom. The topological polar surface area (TPSA) is 74.3 Å². The third-order valence-electron chi connectivity index (χ3n) is 2.35. The molecule has 0 aromatic carbocycles. The summed E-state index contributed by atoms with van der Waals surface area (Å²) in [6.45, 7) is 0. The summed E-state index contributed by atoms with van der Waals surface area (Å²) in [5.41, 5.74) is -5.65. The van der Waals surface area contributed by atoms with Crippen molar-refractivity contribution in [1.29, 1.82) is 0 Å². The van der Waals surface area contributed by atoms with Crippen LogP contribution < -0.4 is 0 Å². The number of ketones is 1. The Bertz CT molecular complexity index is 376. The lowest BCUT2D eigenvalue weighted by Gasteiger charge is -2.16. The van der Waals surface area contributed by atoms with E-state index in [1.54, 1.807) is 0 Å². The molecule has 0 aromatic rings. The minimum Gasteiger partial charge on any atom is -0.741 e. The maximum atomic E-state index is 11.2. The average molecular weight is 308 g/mol. The van der Waals surface area contributed by atoms with Crippen molar-refractivity contribution in [2.75, 3.05) is 12.5 Å². The maximum Gasteiger partial charge on any atom is 0.485 e. The van der Waals surface area contributed by atoms with Crippen LogP contribution >= 0.6 is 0 Å². The van der Waals surface area contributed by atoms with E-state index in [4.69, 9.17) is 13.0 Å². The van der Waals surface area contributed by atoms with E-state index in [1.807, 2.05) is 0 Å². The molecule has 0 spiro atoms. The van der Waals surface area contributed by atoms with E-state index in [2.05, 4.69) is 12.5 Å². The lowest BCUT2D eigenvalue weighted by Crippen LogP contribution is -2.31. The summed E-state index contributed by atoms with van der Waals surface area (Å²) in [7, 11) is -5.77. The molecule has 1 atom stereocenters. The third-order valence-corrected chi connectivity index (χ3v) is 4.55. The van der Waals surface area contributed by atoms with Crippen LogP contribution in [0.3, 0.4) is 0 Å². The Morgan fingerprint density at radius 3 is 1.94 bits per heavy atom. The van der Waals surface area contributed by atoms with Crippen molar-refractivity contribution in [2.24, 2.45) is 0 Å². The van der Waals surface area contributed by atoms with Gasteiger partial charge in [-0.15, -0.1) is 0 Å². The van der Waals surface area contributed by atoms with Crippen molar-refractivity contribution in [3.05, 3.63) is 0 Å². The van der Waals surface area contributed by atoms with Crippen LogP contribution in [-0.2, 0) is 25.8 Å². The fourth-order valence-electron chi connectivity index (χ4n) is 1.45. The van der Waals surface area contributed by atoms with Gasteiger partial charge in [-0.05, 0) is 23.7 Å². The Balaban J connectivity index is 0.000000331. The van der Waals surface area contributed by atoms with Crippen molar-refractivity contribution >= 4 is 26.8 Å². The highest BCUT2D eigenvalue weighted by Crippen LogP contribution is 2.20. The van der Waals surface area contributed by atoms with Crippen molar-refractivity contribution in [3.8, 4) is 0 Å². The van der Waals surface area contributed by atoms with Gasteiger partial charge in [0, 0.05) is 12.8 Å². The lowest BCUT2D eigenvalue weighted by atomic mass is 9.99. The van der Waals surface area contributed by atoms with Crippen molar-refractivity contribution in [2.45, 2.75) is 36.4 Å². The van der Waals surface area contributed by atoms with Crippen LogP contribution in [0.25, 0.3) is 0 Å². The first-order valence-corrected chi connectivity index (χ1v) is 8.59. The van der Waals surface area contributed by atoms with E-state index in [0.29, 0.717) is 21.9 Å². The molecule has 1 saturated carbocycles. The number of rotatable bonds is 1. The number of carbonyl (C=O) groups is 1. The van der Waals surface area contributed by atoms with Crippen LogP contribution in [0.1, 0.15) is 25.7 Å². The van der Waals surface area contributed by atoms with E-state index in [1.165, 1.54) is 6.42 Å². The third kappa shape index (κ3) is 6.05. The average Bonchev–Trinajstić information content (AvgIpc) is 2.15. The van der Waals surface area contributed by atoms with Gasteiger partial charge in [0.25, 0.3) is 0 Å². The molecule has 108 valence electrons. The zero-order valence-electron chi connectivity index (χ0n) is 9.99. The summed E-state index contributed by atoms with van der Waals surface area (Å²) in [6.07, 6.45) is 8.74. The number of halogens is 3. The second-order valence-electron chi connectivity index (χ2n) is 3.98. The highest BCUT2D eigenvalue weighted by atomic mass is 32.2. The molecule has 0 N–H and O–H groups in total. The van der Waals surface area contributed by atoms with Gasteiger partial charge in [-0.1, -0.05) is 0 Å². The van der Waals surface area contributed by atoms with Crippen LogP contribution in [-0.4, -0.2) is 42.0 Å². The second-order valence-corrected chi connectivity index (χ2v) is 7.68. The largest absolute Gasteiger partial charge is 0.741 e. The molecular weight excluding hydrogens is 293 g/mol. The van der Waals surface area contributed by atoms with E-state index in [9.17, 15) is 18.0 Å². The van der Waals surface area contributed by atoms with E-state index in [0.717, 1.165) is 19.3 Å². The molecule has 0 aromatic heterocycles. The number of Topliss-reactive ketones (excluding diaryl/α,β-unsaturated/α-hetero) is 1. The van der Waals surface area contributed by atoms with Crippen molar-refractivity contribution in [1.82, 2.24) is 0 Å². The Kier molecular flexibility index (Phi) is 6.66. The van der Waals surface area contributed by atoms with Gasteiger partial charge in [-0.2, -0.15) is 13.2 Å². The SMILES string of the molecule is C[S+](C)C1CCCCC1=O.O=S(=O)([O-])C(F)(F)F. The molecule has 1 aliphatic rings. The van der Waals surface area contributed by atoms with Crippen LogP contribution in [0.4, 0.5) is 13.2 Å². The van der Waals surface area contributed by atoms with Gasteiger partial charge in [0.1, 0.15) is 0 Å². The molecule has 18 heavy (non-hydrogen) atoms. The monoisotopic (exact) mass is 308 g/mol.